The van der Waals surface area contributed by atoms with Crippen LogP contribution in [0.25, 0.3) is 0 Å². The molecule has 0 aliphatic heterocycles. The van der Waals surface area contributed by atoms with Crippen LogP contribution in [0.1, 0.15) is 80.2 Å². The third kappa shape index (κ3) is 10.2. The molecular formula is C29H45NO9. The number of hydrogen-bond donors (Lipinski definition) is 1. The lowest BCUT2D eigenvalue weighted by molar-refractivity contribution is -0.148. The molecule has 10 nitrogen and oxygen atoms in total. The van der Waals surface area contributed by atoms with Crippen molar-refractivity contribution in [1.29, 1.82) is 0 Å². The fourth-order valence-corrected chi connectivity index (χ4v) is 3.01. The van der Waals surface area contributed by atoms with Gasteiger partial charge in [0, 0.05) is 12.8 Å². The highest BCUT2D eigenvalue weighted by atomic mass is 16.7. The van der Waals surface area contributed by atoms with Crippen LogP contribution in [0.5, 0.6) is 11.5 Å². The van der Waals surface area contributed by atoms with Crippen LogP contribution in [0, 0.1) is 16.7 Å². The Bertz CT molecular complexity index is 1020. The third-order valence-corrected chi connectivity index (χ3v) is 6.70. The van der Waals surface area contributed by atoms with Gasteiger partial charge in [-0.1, -0.05) is 33.8 Å². The van der Waals surface area contributed by atoms with Gasteiger partial charge in [-0.2, -0.15) is 0 Å². The number of nitrogens with two attached hydrogens (primary N) is 1. The standard InChI is InChI=1S/C29H45NO9/c1-10-27(5,6)23(31)38-21-13-12-20(16-22(21)39-24(32)28(7,8)11-2)17-29(30,25(33)35-9)14-15-36-26(34)37-18-19(3)4/h12-13,16,19H,10-11,14-15,17-18,30H2,1-9H3/t29-/m1/s1. The van der Waals surface area contributed by atoms with Crippen molar-refractivity contribution in [2.75, 3.05) is 20.3 Å². The Hall–Kier alpha value is -3.14. The van der Waals surface area contributed by atoms with Gasteiger partial charge in [0.25, 0.3) is 0 Å². The highest BCUT2D eigenvalue weighted by Crippen LogP contribution is 2.35. The first-order chi connectivity index (χ1) is 18.0. The summed E-state index contributed by atoms with van der Waals surface area (Å²) in [5.41, 5.74) is 3.83. The van der Waals surface area contributed by atoms with Gasteiger partial charge in [-0.3, -0.25) is 14.4 Å². The van der Waals surface area contributed by atoms with Gasteiger partial charge in [0.2, 0.25) is 0 Å². The lowest BCUT2D eigenvalue weighted by atomic mass is 9.88. The molecule has 0 aliphatic rings. The van der Waals surface area contributed by atoms with Crippen LogP contribution in [0.4, 0.5) is 4.79 Å². The highest BCUT2D eigenvalue weighted by Gasteiger charge is 2.37. The smallest absolute Gasteiger partial charge is 0.468 e. The molecule has 2 N–H and O–H groups in total. The topological polar surface area (TPSA) is 140 Å². The molecule has 0 aromatic heterocycles. The monoisotopic (exact) mass is 551 g/mol. The minimum absolute atomic E-state index is 0.0278. The average molecular weight is 552 g/mol. The zero-order valence-corrected chi connectivity index (χ0v) is 24.8. The van der Waals surface area contributed by atoms with Gasteiger partial charge in [-0.05, 0) is 64.2 Å². The minimum Gasteiger partial charge on any atom is -0.468 e. The second kappa shape index (κ2) is 14.3. The molecule has 0 radical (unpaired) electrons. The fourth-order valence-electron chi connectivity index (χ4n) is 3.01. The molecule has 0 spiro atoms. The third-order valence-electron chi connectivity index (χ3n) is 6.70. The Morgan fingerprint density at radius 2 is 1.38 bits per heavy atom. The Kier molecular flexibility index (Phi) is 12.4. The van der Waals surface area contributed by atoms with E-state index in [-0.39, 0.29) is 43.5 Å². The van der Waals surface area contributed by atoms with Gasteiger partial charge in [0.1, 0.15) is 5.54 Å². The molecule has 0 saturated carbocycles. The summed E-state index contributed by atoms with van der Waals surface area (Å²) in [4.78, 5) is 50.1. The SMILES string of the molecule is CCC(C)(C)C(=O)Oc1ccc(C[C@](N)(CCOC(=O)OCC(C)C)C(=O)OC)cc1OC(=O)C(C)(C)CC. The average Bonchev–Trinajstić information content (AvgIpc) is 2.88. The number of methoxy groups -OCH3 is 1. The van der Waals surface area contributed by atoms with Crippen LogP contribution in [0.3, 0.4) is 0 Å². The van der Waals surface area contributed by atoms with Gasteiger partial charge in [-0.25, -0.2) is 4.79 Å². The molecular weight excluding hydrogens is 506 g/mol. The highest BCUT2D eigenvalue weighted by molar-refractivity contribution is 5.82. The maximum Gasteiger partial charge on any atom is 0.508 e. The first kappa shape index (κ1) is 33.9. The van der Waals surface area contributed by atoms with Gasteiger partial charge < -0.3 is 29.4 Å². The van der Waals surface area contributed by atoms with E-state index in [0.29, 0.717) is 18.4 Å². The lowest BCUT2D eigenvalue weighted by Gasteiger charge is -2.27. The number of hydrogen-bond acceptors (Lipinski definition) is 10. The lowest BCUT2D eigenvalue weighted by Crippen LogP contribution is -2.51. The first-order valence-electron chi connectivity index (χ1n) is 13.3. The normalized spacial score (nSPS) is 13.3. The predicted molar refractivity (Wildman–Crippen MR) is 145 cm³/mol. The van der Waals surface area contributed by atoms with Gasteiger partial charge in [0.05, 0.1) is 31.2 Å². The molecule has 0 aliphatic carbocycles. The van der Waals surface area contributed by atoms with E-state index in [0.717, 1.165) is 0 Å². The Balaban J connectivity index is 3.27. The Labute approximate surface area is 231 Å². The molecule has 0 fully saturated rings. The van der Waals surface area contributed by atoms with Crippen molar-refractivity contribution in [2.24, 2.45) is 22.5 Å². The summed E-state index contributed by atoms with van der Waals surface area (Å²) in [5.74, 6) is -1.46. The predicted octanol–water partition coefficient (Wildman–Crippen LogP) is 4.98. The number of rotatable bonds is 14. The van der Waals surface area contributed by atoms with Crippen molar-refractivity contribution in [3.05, 3.63) is 23.8 Å². The van der Waals surface area contributed by atoms with E-state index in [1.165, 1.54) is 19.2 Å². The van der Waals surface area contributed by atoms with Crippen LogP contribution >= 0.6 is 0 Å². The zero-order valence-electron chi connectivity index (χ0n) is 24.8. The molecule has 1 aromatic carbocycles. The maximum atomic E-state index is 12.9. The summed E-state index contributed by atoms with van der Waals surface area (Å²) in [6.45, 7) is 14.5. The largest absolute Gasteiger partial charge is 0.508 e. The molecule has 0 amide bonds. The van der Waals surface area contributed by atoms with Crippen molar-refractivity contribution in [2.45, 2.75) is 86.6 Å². The van der Waals surface area contributed by atoms with Crippen LogP contribution < -0.4 is 15.2 Å². The van der Waals surface area contributed by atoms with Gasteiger partial charge in [0.15, 0.2) is 11.5 Å². The molecule has 10 heteroatoms. The summed E-state index contributed by atoms with van der Waals surface area (Å²) < 4.78 is 26.3. The van der Waals surface area contributed by atoms with Crippen molar-refractivity contribution < 1.29 is 42.9 Å². The molecule has 1 atom stereocenters. The van der Waals surface area contributed by atoms with Crippen LogP contribution in [-0.2, 0) is 35.0 Å². The molecule has 1 aromatic rings. The van der Waals surface area contributed by atoms with E-state index < -0.39 is 40.4 Å². The van der Waals surface area contributed by atoms with Crippen LogP contribution in [0.2, 0.25) is 0 Å². The van der Waals surface area contributed by atoms with Crippen LogP contribution in [0.15, 0.2) is 18.2 Å². The van der Waals surface area contributed by atoms with E-state index in [2.05, 4.69) is 0 Å². The second-order valence-electron chi connectivity index (χ2n) is 11.4. The summed E-state index contributed by atoms with van der Waals surface area (Å²) in [6, 6.07) is 4.62. The number of esters is 3. The van der Waals surface area contributed by atoms with Gasteiger partial charge >= 0.3 is 24.1 Å². The Morgan fingerprint density at radius 1 is 0.846 bits per heavy atom. The van der Waals surface area contributed by atoms with Crippen molar-refractivity contribution in [3.8, 4) is 11.5 Å². The molecule has 0 saturated heterocycles. The van der Waals surface area contributed by atoms with Gasteiger partial charge in [-0.15, -0.1) is 0 Å². The van der Waals surface area contributed by atoms with E-state index >= 15 is 0 Å². The molecule has 0 bridgehead atoms. The number of carbonyl (C=O) groups is 4. The van der Waals surface area contributed by atoms with Crippen molar-refractivity contribution >= 4 is 24.1 Å². The maximum absolute atomic E-state index is 12.9. The van der Waals surface area contributed by atoms with E-state index in [1.807, 2.05) is 27.7 Å². The molecule has 39 heavy (non-hydrogen) atoms. The molecule has 220 valence electrons. The number of carbonyl (C=O) groups excluding carboxylic acids is 4. The second-order valence-corrected chi connectivity index (χ2v) is 11.4. The Morgan fingerprint density at radius 3 is 1.87 bits per heavy atom. The van der Waals surface area contributed by atoms with E-state index in [4.69, 9.17) is 29.4 Å². The van der Waals surface area contributed by atoms with E-state index in [9.17, 15) is 19.2 Å². The minimum atomic E-state index is -1.57. The van der Waals surface area contributed by atoms with Crippen LogP contribution in [-0.4, -0.2) is 49.9 Å². The number of benzene rings is 1. The fraction of sp³-hybridized carbons (Fsp3) is 0.655. The summed E-state index contributed by atoms with van der Waals surface area (Å²) in [5, 5.41) is 0. The van der Waals surface area contributed by atoms with Crippen molar-refractivity contribution in [1.82, 2.24) is 0 Å². The number of ether oxygens (including phenoxy) is 5. The van der Waals surface area contributed by atoms with E-state index in [1.54, 1.807) is 33.8 Å². The quantitative estimate of drug-likeness (QED) is 0.248. The summed E-state index contributed by atoms with van der Waals surface area (Å²) in [6.07, 6.45) is 0.113. The summed E-state index contributed by atoms with van der Waals surface area (Å²) >= 11 is 0. The molecule has 0 unspecified atom stereocenters. The van der Waals surface area contributed by atoms with Crippen molar-refractivity contribution in [3.63, 3.8) is 0 Å². The molecule has 0 heterocycles. The molecule has 1 rings (SSSR count). The zero-order chi connectivity index (χ0) is 30.0. The summed E-state index contributed by atoms with van der Waals surface area (Å²) in [7, 11) is 1.21. The first-order valence-corrected chi connectivity index (χ1v) is 13.3.